The summed E-state index contributed by atoms with van der Waals surface area (Å²) in [4.78, 5) is 23.4. The topological polar surface area (TPSA) is 37.4 Å². The van der Waals surface area contributed by atoms with E-state index in [4.69, 9.17) is 0 Å². The quantitative estimate of drug-likeness (QED) is 0.531. The number of likely N-dealkylation sites (tertiary alicyclic amines) is 1. The Morgan fingerprint density at radius 2 is 2.18 bits per heavy atom. The van der Waals surface area contributed by atoms with Crippen LogP contribution in [-0.2, 0) is 9.59 Å². The van der Waals surface area contributed by atoms with E-state index in [0.717, 1.165) is 19.1 Å². The van der Waals surface area contributed by atoms with E-state index in [1.54, 1.807) is 0 Å². The van der Waals surface area contributed by atoms with Crippen LogP contribution in [0.15, 0.2) is 0 Å². The number of hydrogen-bond acceptors (Lipinski definition) is 2. The third-order valence-electron chi connectivity index (χ3n) is 2.37. The van der Waals surface area contributed by atoms with Crippen LogP contribution in [0, 0.1) is 5.92 Å². The third kappa shape index (κ3) is 1.15. The average Bonchev–Trinajstić information content (AvgIpc) is 2.76. The Morgan fingerprint density at radius 1 is 1.45 bits per heavy atom. The zero-order valence-electron chi connectivity index (χ0n) is 6.32. The molecule has 1 atom stereocenters. The number of carbonyl (C=O) groups is 2. The minimum absolute atomic E-state index is 0.0249. The predicted molar refractivity (Wildman–Crippen MR) is 38.9 cm³/mol. The van der Waals surface area contributed by atoms with Gasteiger partial charge in [0.25, 0.3) is 0 Å². The van der Waals surface area contributed by atoms with Crippen molar-refractivity contribution in [2.45, 2.75) is 25.3 Å². The Bertz CT molecular complexity index is 198. The molecule has 2 aliphatic rings. The molecule has 2 fully saturated rings. The SMILES string of the molecule is O=CC1CC(=O)N(C2CC2)C1. The summed E-state index contributed by atoms with van der Waals surface area (Å²) in [6, 6.07) is 0.479. The van der Waals surface area contributed by atoms with Gasteiger partial charge in [-0.15, -0.1) is 0 Å². The van der Waals surface area contributed by atoms with Gasteiger partial charge in [0, 0.05) is 24.9 Å². The molecule has 0 aromatic carbocycles. The van der Waals surface area contributed by atoms with Gasteiger partial charge in [-0.25, -0.2) is 0 Å². The summed E-state index contributed by atoms with van der Waals surface area (Å²) >= 11 is 0. The molecule has 1 amide bonds. The lowest BCUT2D eigenvalue weighted by Gasteiger charge is -2.13. The fourth-order valence-electron chi connectivity index (χ4n) is 1.59. The van der Waals surface area contributed by atoms with Gasteiger partial charge < -0.3 is 9.69 Å². The first-order valence-corrected chi connectivity index (χ1v) is 4.06. The highest BCUT2D eigenvalue weighted by atomic mass is 16.2. The fraction of sp³-hybridized carbons (Fsp3) is 0.750. The van der Waals surface area contributed by atoms with Crippen molar-refractivity contribution < 1.29 is 9.59 Å². The second-order valence-corrected chi connectivity index (χ2v) is 3.38. The molecule has 1 unspecified atom stereocenters. The molecular weight excluding hydrogens is 142 g/mol. The summed E-state index contributed by atoms with van der Waals surface area (Å²) < 4.78 is 0. The van der Waals surface area contributed by atoms with Crippen LogP contribution in [0.5, 0.6) is 0 Å². The maximum absolute atomic E-state index is 11.2. The van der Waals surface area contributed by atoms with E-state index < -0.39 is 0 Å². The van der Waals surface area contributed by atoms with Gasteiger partial charge in [-0.3, -0.25) is 4.79 Å². The summed E-state index contributed by atoms with van der Waals surface area (Å²) in [6.45, 7) is 0.674. The zero-order chi connectivity index (χ0) is 7.84. The standard InChI is InChI=1S/C8H11NO2/c10-5-6-3-8(11)9(4-6)7-1-2-7/h5-7H,1-4H2. The van der Waals surface area contributed by atoms with E-state index in [9.17, 15) is 9.59 Å². The average molecular weight is 153 g/mol. The Labute approximate surface area is 65.4 Å². The van der Waals surface area contributed by atoms with Gasteiger partial charge >= 0.3 is 0 Å². The monoisotopic (exact) mass is 153 g/mol. The highest BCUT2D eigenvalue weighted by Gasteiger charge is 2.38. The molecular formula is C8H11NO2. The van der Waals surface area contributed by atoms with E-state index in [1.165, 1.54) is 0 Å². The van der Waals surface area contributed by atoms with Crippen LogP contribution < -0.4 is 0 Å². The van der Waals surface area contributed by atoms with Crippen LogP contribution in [0.2, 0.25) is 0 Å². The second kappa shape index (κ2) is 2.32. The predicted octanol–water partition coefficient (Wildman–Crippen LogP) is 0.196. The van der Waals surface area contributed by atoms with Crippen molar-refractivity contribution >= 4 is 12.2 Å². The first-order valence-electron chi connectivity index (χ1n) is 4.06. The summed E-state index contributed by atoms with van der Waals surface area (Å²) in [5.74, 6) is 0.146. The van der Waals surface area contributed by atoms with E-state index in [1.807, 2.05) is 4.90 Å². The molecule has 1 aliphatic heterocycles. The van der Waals surface area contributed by atoms with Crippen LogP contribution in [0.3, 0.4) is 0 Å². The van der Waals surface area contributed by atoms with Crippen molar-refractivity contribution in [1.82, 2.24) is 4.90 Å². The molecule has 3 heteroatoms. The van der Waals surface area contributed by atoms with Gasteiger partial charge in [0.1, 0.15) is 6.29 Å². The van der Waals surface area contributed by atoms with Crippen molar-refractivity contribution in [2.75, 3.05) is 6.54 Å². The van der Waals surface area contributed by atoms with Crippen LogP contribution in [0.25, 0.3) is 0 Å². The highest BCUT2D eigenvalue weighted by molar-refractivity contribution is 5.83. The third-order valence-corrected chi connectivity index (χ3v) is 2.37. The molecule has 0 aromatic rings. The first-order chi connectivity index (χ1) is 5.31. The Morgan fingerprint density at radius 3 is 2.64 bits per heavy atom. The van der Waals surface area contributed by atoms with Gasteiger partial charge in [-0.1, -0.05) is 0 Å². The van der Waals surface area contributed by atoms with Crippen molar-refractivity contribution in [3.63, 3.8) is 0 Å². The fourth-order valence-corrected chi connectivity index (χ4v) is 1.59. The van der Waals surface area contributed by atoms with Crippen LogP contribution in [0.1, 0.15) is 19.3 Å². The van der Waals surface area contributed by atoms with E-state index in [2.05, 4.69) is 0 Å². The zero-order valence-corrected chi connectivity index (χ0v) is 6.32. The van der Waals surface area contributed by atoms with Gasteiger partial charge in [0.05, 0.1) is 0 Å². The van der Waals surface area contributed by atoms with Gasteiger partial charge in [0.15, 0.2) is 0 Å². The van der Waals surface area contributed by atoms with Crippen LogP contribution in [-0.4, -0.2) is 29.7 Å². The number of nitrogens with zero attached hydrogens (tertiary/aromatic N) is 1. The van der Waals surface area contributed by atoms with Crippen molar-refractivity contribution in [3.8, 4) is 0 Å². The molecule has 2 rings (SSSR count). The number of amides is 1. The van der Waals surface area contributed by atoms with Crippen LogP contribution >= 0.6 is 0 Å². The molecule has 0 radical (unpaired) electrons. The minimum atomic E-state index is -0.0249. The van der Waals surface area contributed by atoms with Gasteiger partial charge in [-0.05, 0) is 12.8 Å². The summed E-state index contributed by atoms with van der Waals surface area (Å²) in [7, 11) is 0. The van der Waals surface area contributed by atoms with Crippen LogP contribution in [0.4, 0.5) is 0 Å². The lowest BCUT2D eigenvalue weighted by molar-refractivity contribution is -0.128. The normalized spacial score (nSPS) is 31.1. The van der Waals surface area contributed by atoms with Crippen molar-refractivity contribution in [3.05, 3.63) is 0 Å². The lowest BCUT2D eigenvalue weighted by Crippen LogP contribution is -2.27. The number of aldehydes is 1. The number of hydrogen-bond donors (Lipinski definition) is 0. The Kier molecular flexibility index (Phi) is 1.44. The molecule has 11 heavy (non-hydrogen) atoms. The molecule has 0 spiro atoms. The molecule has 0 aromatic heterocycles. The molecule has 3 nitrogen and oxygen atoms in total. The second-order valence-electron chi connectivity index (χ2n) is 3.38. The molecule has 1 aliphatic carbocycles. The maximum Gasteiger partial charge on any atom is 0.223 e. The molecule has 0 N–H and O–H groups in total. The maximum atomic E-state index is 11.2. The highest BCUT2D eigenvalue weighted by Crippen LogP contribution is 2.31. The van der Waals surface area contributed by atoms with Crippen molar-refractivity contribution in [1.29, 1.82) is 0 Å². The Balaban J connectivity index is 2.01. The van der Waals surface area contributed by atoms with Crippen molar-refractivity contribution in [2.24, 2.45) is 5.92 Å². The van der Waals surface area contributed by atoms with E-state index >= 15 is 0 Å². The summed E-state index contributed by atoms with van der Waals surface area (Å²) in [6.07, 6.45) is 3.62. The lowest BCUT2D eigenvalue weighted by atomic mass is 10.1. The Hall–Kier alpha value is -0.860. The molecule has 1 heterocycles. The largest absolute Gasteiger partial charge is 0.339 e. The summed E-state index contributed by atoms with van der Waals surface area (Å²) in [5, 5.41) is 0. The first kappa shape index (κ1) is 6.83. The molecule has 1 saturated heterocycles. The molecule has 60 valence electrons. The number of rotatable bonds is 2. The molecule has 1 saturated carbocycles. The van der Waals surface area contributed by atoms with E-state index in [-0.39, 0.29) is 11.8 Å². The van der Waals surface area contributed by atoms with Gasteiger partial charge in [0.2, 0.25) is 5.91 Å². The number of carbonyl (C=O) groups excluding carboxylic acids is 2. The van der Waals surface area contributed by atoms with E-state index in [0.29, 0.717) is 19.0 Å². The van der Waals surface area contributed by atoms with Gasteiger partial charge in [-0.2, -0.15) is 0 Å². The minimum Gasteiger partial charge on any atom is -0.339 e. The smallest absolute Gasteiger partial charge is 0.223 e. The summed E-state index contributed by atoms with van der Waals surface area (Å²) in [5.41, 5.74) is 0. The molecule has 0 bridgehead atoms.